The number of rotatable bonds is 6. The van der Waals surface area contributed by atoms with Crippen molar-refractivity contribution in [2.75, 3.05) is 20.8 Å². The van der Waals surface area contributed by atoms with Gasteiger partial charge in [0, 0.05) is 0 Å². The van der Waals surface area contributed by atoms with Crippen LogP contribution in [0.5, 0.6) is 11.8 Å². The van der Waals surface area contributed by atoms with Gasteiger partial charge in [-0.1, -0.05) is 22.6 Å². The van der Waals surface area contributed by atoms with Crippen molar-refractivity contribution in [1.82, 2.24) is 9.97 Å². The molecule has 7 nitrogen and oxygen atoms in total. The van der Waals surface area contributed by atoms with Gasteiger partial charge in [-0.3, -0.25) is 9.59 Å². The average molecular weight is 380 g/mol. The van der Waals surface area contributed by atoms with Crippen molar-refractivity contribution in [1.29, 1.82) is 0 Å². The Balaban J connectivity index is 3.01. The zero-order valence-electron chi connectivity index (χ0n) is 10.7. The highest BCUT2D eigenvalue weighted by atomic mass is 127. The second-order valence-corrected chi connectivity index (χ2v) is 4.50. The van der Waals surface area contributed by atoms with Crippen LogP contribution in [0.25, 0.3) is 0 Å². The maximum absolute atomic E-state index is 12.1. The summed E-state index contributed by atoms with van der Waals surface area (Å²) in [5.74, 6) is -0.969. The van der Waals surface area contributed by atoms with Crippen LogP contribution >= 0.6 is 22.6 Å². The number of methoxy groups -OCH3 is 2. The summed E-state index contributed by atoms with van der Waals surface area (Å²) < 4.78 is 13.6. The molecule has 0 radical (unpaired) electrons. The first-order valence-corrected chi connectivity index (χ1v) is 6.60. The standard InChI is InChI=1S/C11H13IN2O5/c1-4-19-11(16)8(12)9(15)10-13-6(17-2)5-7(14-10)18-3/h5,8H,4H2,1-3H3. The van der Waals surface area contributed by atoms with Crippen molar-refractivity contribution in [2.24, 2.45) is 0 Å². The highest BCUT2D eigenvalue weighted by molar-refractivity contribution is 14.1. The van der Waals surface area contributed by atoms with Gasteiger partial charge in [0.1, 0.15) is 0 Å². The van der Waals surface area contributed by atoms with Crippen molar-refractivity contribution < 1.29 is 23.8 Å². The Morgan fingerprint density at radius 1 is 1.26 bits per heavy atom. The van der Waals surface area contributed by atoms with Crippen molar-refractivity contribution in [3.05, 3.63) is 11.9 Å². The molecule has 0 amide bonds. The molecule has 0 N–H and O–H groups in total. The van der Waals surface area contributed by atoms with E-state index >= 15 is 0 Å². The smallest absolute Gasteiger partial charge is 0.327 e. The van der Waals surface area contributed by atoms with Crippen LogP contribution in [0.1, 0.15) is 17.5 Å². The second kappa shape index (κ2) is 7.22. The number of carbonyl (C=O) groups is 2. The third-order valence-corrected chi connectivity index (χ3v) is 3.12. The molecule has 1 unspecified atom stereocenters. The molecule has 1 atom stereocenters. The highest BCUT2D eigenvalue weighted by Crippen LogP contribution is 2.17. The summed E-state index contributed by atoms with van der Waals surface area (Å²) in [6.45, 7) is 1.87. The number of nitrogens with zero attached hydrogens (tertiary/aromatic N) is 2. The van der Waals surface area contributed by atoms with E-state index in [-0.39, 0.29) is 24.2 Å². The number of hydrogen-bond donors (Lipinski definition) is 0. The van der Waals surface area contributed by atoms with E-state index in [1.54, 1.807) is 29.5 Å². The van der Waals surface area contributed by atoms with Gasteiger partial charge in [0.2, 0.25) is 23.4 Å². The van der Waals surface area contributed by atoms with Crippen LogP contribution in [0.4, 0.5) is 0 Å². The molecule has 0 bridgehead atoms. The summed E-state index contributed by atoms with van der Waals surface area (Å²) in [4.78, 5) is 31.3. The minimum Gasteiger partial charge on any atom is -0.481 e. The molecule has 0 fully saturated rings. The van der Waals surface area contributed by atoms with Crippen molar-refractivity contribution >= 4 is 34.3 Å². The maximum atomic E-state index is 12.1. The number of esters is 1. The predicted octanol–water partition coefficient (Wildman–Crippen LogP) is 1.04. The SMILES string of the molecule is CCOC(=O)C(I)C(=O)c1nc(OC)cc(OC)n1. The Hall–Kier alpha value is -1.45. The van der Waals surface area contributed by atoms with Gasteiger partial charge >= 0.3 is 5.97 Å². The summed E-state index contributed by atoms with van der Waals surface area (Å²) in [6, 6.07) is 1.43. The zero-order valence-corrected chi connectivity index (χ0v) is 12.8. The lowest BCUT2D eigenvalue weighted by Crippen LogP contribution is -2.28. The van der Waals surface area contributed by atoms with Crippen LogP contribution in [0.3, 0.4) is 0 Å². The molecular weight excluding hydrogens is 367 g/mol. The van der Waals surface area contributed by atoms with E-state index in [1.165, 1.54) is 20.3 Å². The van der Waals surface area contributed by atoms with Crippen LogP contribution < -0.4 is 9.47 Å². The van der Waals surface area contributed by atoms with E-state index < -0.39 is 15.7 Å². The Bertz CT molecular complexity index is 458. The Morgan fingerprint density at radius 3 is 2.21 bits per heavy atom. The molecule has 1 aromatic heterocycles. The molecule has 1 aromatic rings. The number of ketones is 1. The number of aromatic nitrogens is 2. The number of alkyl halides is 1. The number of hydrogen-bond acceptors (Lipinski definition) is 7. The van der Waals surface area contributed by atoms with Crippen molar-refractivity contribution in [2.45, 2.75) is 10.8 Å². The van der Waals surface area contributed by atoms with Crippen LogP contribution in [-0.2, 0) is 9.53 Å². The zero-order chi connectivity index (χ0) is 14.4. The summed E-state index contributed by atoms with van der Waals surface area (Å²) in [7, 11) is 2.81. The van der Waals surface area contributed by atoms with Gasteiger partial charge in [-0.15, -0.1) is 0 Å². The Labute approximate surface area is 123 Å². The van der Waals surface area contributed by atoms with E-state index in [0.29, 0.717) is 0 Å². The first-order valence-electron chi connectivity index (χ1n) is 5.35. The molecular formula is C11H13IN2O5. The number of ether oxygens (including phenoxy) is 3. The minimum atomic E-state index is -1.01. The summed E-state index contributed by atoms with van der Waals surface area (Å²) in [6.07, 6.45) is 0. The number of Topliss-reactive ketones (excluding diaryl/α,β-unsaturated/α-hetero) is 1. The molecule has 0 aromatic carbocycles. The molecule has 0 spiro atoms. The van der Waals surface area contributed by atoms with E-state index in [2.05, 4.69) is 9.97 Å². The third-order valence-electron chi connectivity index (χ3n) is 2.04. The molecule has 8 heteroatoms. The first kappa shape index (κ1) is 15.6. The van der Waals surface area contributed by atoms with E-state index in [4.69, 9.17) is 14.2 Å². The quantitative estimate of drug-likeness (QED) is 0.240. The first-order chi connectivity index (χ1) is 9.03. The fourth-order valence-corrected chi connectivity index (χ4v) is 1.62. The molecule has 0 aliphatic carbocycles. The second-order valence-electron chi connectivity index (χ2n) is 3.26. The largest absolute Gasteiger partial charge is 0.481 e. The Kier molecular flexibility index (Phi) is 5.93. The van der Waals surface area contributed by atoms with Gasteiger partial charge in [0.05, 0.1) is 26.9 Å². The molecule has 0 saturated heterocycles. The normalized spacial score (nSPS) is 11.6. The van der Waals surface area contributed by atoms with Crippen LogP contribution in [0, 0.1) is 0 Å². The lowest BCUT2D eigenvalue weighted by Gasteiger charge is -2.09. The molecule has 1 rings (SSSR count). The van der Waals surface area contributed by atoms with E-state index in [0.717, 1.165) is 0 Å². The number of carbonyl (C=O) groups excluding carboxylic acids is 2. The highest BCUT2D eigenvalue weighted by Gasteiger charge is 2.29. The monoisotopic (exact) mass is 380 g/mol. The summed E-state index contributed by atoms with van der Waals surface area (Å²) in [5, 5.41) is 0. The third kappa shape index (κ3) is 4.01. The van der Waals surface area contributed by atoms with Crippen molar-refractivity contribution in [3.8, 4) is 11.8 Å². The molecule has 19 heavy (non-hydrogen) atoms. The van der Waals surface area contributed by atoms with E-state index in [1.807, 2.05) is 0 Å². The molecule has 104 valence electrons. The fourth-order valence-electron chi connectivity index (χ4n) is 1.16. The Morgan fingerprint density at radius 2 is 1.79 bits per heavy atom. The lowest BCUT2D eigenvalue weighted by atomic mass is 10.2. The number of halogens is 1. The topological polar surface area (TPSA) is 87.6 Å². The van der Waals surface area contributed by atoms with Crippen molar-refractivity contribution in [3.63, 3.8) is 0 Å². The van der Waals surface area contributed by atoms with Gasteiger partial charge in [0.25, 0.3) is 0 Å². The minimum absolute atomic E-state index is 0.149. The summed E-state index contributed by atoms with van der Waals surface area (Å²) >= 11 is 1.68. The molecule has 0 saturated carbocycles. The van der Waals surface area contributed by atoms with Gasteiger partial charge in [-0.25, -0.2) is 0 Å². The summed E-state index contributed by atoms with van der Waals surface area (Å²) in [5.41, 5.74) is 0. The average Bonchev–Trinajstić information content (AvgIpc) is 2.45. The van der Waals surface area contributed by atoms with Crippen LogP contribution in [-0.4, -0.2) is 46.5 Å². The van der Waals surface area contributed by atoms with Crippen LogP contribution in [0.15, 0.2) is 6.07 Å². The molecule has 1 heterocycles. The van der Waals surface area contributed by atoms with Crippen LogP contribution in [0.2, 0.25) is 0 Å². The van der Waals surface area contributed by atoms with Gasteiger partial charge in [-0.05, 0) is 6.92 Å². The predicted molar refractivity (Wildman–Crippen MR) is 73.9 cm³/mol. The van der Waals surface area contributed by atoms with E-state index in [9.17, 15) is 9.59 Å². The maximum Gasteiger partial charge on any atom is 0.327 e. The molecule has 0 aliphatic rings. The van der Waals surface area contributed by atoms with Gasteiger partial charge in [0.15, 0.2) is 3.92 Å². The van der Waals surface area contributed by atoms with Gasteiger partial charge in [-0.2, -0.15) is 9.97 Å². The lowest BCUT2D eigenvalue weighted by molar-refractivity contribution is -0.141. The molecule has 0 aliphatic heterocycles. The van der Waals surface area contributed by atoms with Gasteiger partial charge < -0.3 is 14.2 Å². The fraction of sp³-hybridized carbons (Fsp3) is 0.455.